The van der Waals surface area contributed by atoms with Crippen LogP contribution in [0.25, 0.3) is 0 Å². The third kappa shape index (κ3) is 2.98. The lowest BCUT2D eigenvalue weighted by Gasteiger charge is -2.11. The fourth-order valence-corrected chi connectivity index (χ4v) is 1.04. The van der Waals surface area contributed by atoms with Gasteiger partial charge in [0.15, 0.2) is 0 Å². The summed E-state index contributed by atoms with van der Waals surface area (Å²) in [5.41, 5.74) is 11.7. The molecule has 0 fully saturated rings. The van der Waals surface area contributed by atoms with Crippen molar-refractivity contribution in [2.75, 3.05) is 5.73 Å². The van der Waals surface area contributed by atoms with Gasteiger partial charge in [-0.05, 0) is 12.5 Å². The first kappa shape index (κ1) is 11.6. The molecule has 0 spiro atoms. The molecule has 0 saturated heterocycles. The van der Waals surface area contributed by atoms with E-state index in [2.05, 4.69) is 9.72 Å². The molecule has 0 aromatic carbocycles. The van der Waals surface area contributed by atoms with Gasteiger partial charge in [-0.1, -0.05) is 0 Å². The summed E-state index contributed by atoms with van der Waals surface area (Å²) in [5, 5.41) is 0. The van der Waals surface area contributed by atoms with E-state index in [0.717, 1.165) is 6.07 Å². The maximum atomic E-state index is 11.9. The molecule has 0 aliphatic carbocycles. The highest BCUT2D eigenvalue weighted by Gasteiger charge is 2.32. The molecular weight excluding hydrogens is 211 g/mol. The zero-order chi connectivity index (χ0) is 11.6. The minimum atomic E-state index is -4.76. The monoisotopic (exact) mass is 221 g/mol. The number of nitrogen functional groups attached to an aromatic ring is 1. The van der Waals surface area contributed by atoms with Gasteiger partial charge in [0.1, 0.15) is 0 Å². The molecule has 0 bridgehead atoms. The van der Waals surface area contributed by atoms with E-state index in [1.807, 2.05) is 0 Å². The number of pyridine rings is 1. The van der Waals surface area contributed by atoms with Crippen LogP contribution in [0.15, 0.2) is 6.07 Å². The highest BCUT2D eigenvalue weighted by molar-refractivity contribution is 5.51. The van der Waals surface area contributed by atoms with Crippen molar-refractivity contribution in [2.24, 2.45) is 5.73 Å². The predicted molar refractivity (Wildman–Crippen MR) is 48.0 cm³/mol. The smallest absolute Gasteiger partial charge is 0.397 e. The topological polar surface area (TPSA) is 74.2 Å². The third-order valence-corrected chi connectivity index (χ3v) is 1.73. The van der Waals surface area contributed by atoms with E-state index in [4.69, 9.17) is 11.5 Å². The van der Waals surface area contributed by atoms with Crippen molar-refractivity contribution >= 4 is 5.69 Å². The molecule has 0 radical (unpaired) electrons. The van der Waals surface area contributed by atoms with Crippen molar-refractivity contribution in [3.05, 3.63) is 17.3 Å². The van der Waals surface area contributed by atoms with Crippen molar-refractivity contribution in [3.63, 3.8) is 0 Å². The summed E-state index contributed by atoms with van der Waals surface area (Å²) in [7, 11) is 0. The average Bonchev–Trinajstić information content (AvgIpc) is 2.08. The summed E-state index contributed by atoms with van der Waals surface area (Å²) in [6, 6.07) is 1.11. The first-order valence-corrected chi connectivity index (χ1v) is 4.05. The summed E-state index contributed by atoms with van der Waals surface area (Å²) in [6.07, 6.45) is -4.76. The van der Waals surface area contributed by atoms with Gasteiger partial charge in [-0.25, -0.2) is 4.98 Å². The minimum absolute atomic E-state index is 0.0399. The Labute approximate surface area is 84.0 Å². The molecule has 4 N–H and O–H groups in total. The molecule has 0 unspecified atom stereocenters. The number of ether oxygens (including phenoxy) is 1. The third-order valence-electron chi connectivity index (χ3n) is 1.73. The van der Waals surface area contributed by atoms with Crippen LogP contribution in [0.2, 0.25) is 0 Å². The van der Waals surface area contributed by atoms with Crippen LogP contribution in [0.5, 0.6) is 5.88 Å². The van der Waals surface area contributed by atoms with E-state index < -0.39 is 12.2 Å². The Bertz CT molecular complexity index is 365. The molecule has 4 nitrogen and oxygen atoms in total. The molecule has 0 aliphatic rings. The maximum absolute atomic E-state index is 11.9. The maximum Gasteiger partial charge on any atom is 0.574 e. The van der Waals surface area contributed by atoms with E-state index in [0.29, 0.717) is 5.56 Å². The van der Waals surface area contributed by atoms with Gasteiger partial charge in [0.25, 0.3) is 0 Å². The molecule has 84 valence electrons. The molecule has 1 aromatic heterocycles. The Morgan fingerprint density at radius 3 is 2.53 bits per heavy atom. The van der Waals surface area contributed by atoms with Crippen LogP contribution in [-0.2, 0) is 6.54 Å². The van der Waals surface area contributed by atoms with Gasteiger partial charge in [-0.3, -0.25) is 0 Å². The first-order valence-electron chi connectivity index (χ1n) is 4.05. The van der Waals surface area contributed by atoms with Gasteiger partial charge in [0.2, 0.25) is 5.88 Å². The highest BCUT2D eigenvalue weighted by atomic mass is 19.4. The van der Waals surface area contributed by atoms with Gasteiger partial charge in [-0.2, -0.15) is 0 Å². The Kier molecular flexibility index (Phi) is 3.04. The molecule has 1 rings (SSSR count). The molecule has 0 atom stereocenters. The van der Waals surface area contributed by atoms with E-state index >= 15 is 0 Å². The van der Waals surface area contributed by atoms with Crippen molar-refractivity contribution in [2.45, 2.75) is 19.8 Å². The Balaban J connectivity index is 3.06. The first-order chi connectivity index (χ1) is 6.83. The number of halogens is 3. The number of nitrogens with two attached hydrogens (primary N) is 2. The molecule has 1 heterocycles. The summed E-state index contributed by atoms with van der Waals surface area (Å²) < 4.78 is 39.3. The fourth-order valence-electron chi connectivity index (χ4n) is 1.04. The van der Waals surface area contributed by atoms with E-state index in [1.165, 1.54) is 0 Å². The van der Waals surface area contributed by atoms with Crippen molar-refractivity contribution in [3.8, 4) is 5.88 Å². The lowest BCUT2D eigenvalue weighted by atomic mass is 10.2. The second kappa shape index (κ2) is 3.93. The number of alkyl halides is 3. The number of hydrogen-bond acceptors (Lipinski definition) is 4. The second-order valence-electron chi connectivity index (χ2n) is 2.89. The van der Waals surface area contributed by atoms with E-state index in [-0.39, 0.29) is 17.9 Å². The number of rotatable bonds is 2. The molecule has 0 amide bonds. The van der Waals surface area contributed by atoms with Gasteiger partial charge in [0.05, 0.1) is 11.4 Å². The fraction of sp³-hybridized carbons (Fsp3) is 0.375. The van der Waals surface area contributed by atoms with Crippen LogP contribution in [-0.4, -0.2) is 11.3 Å². The van der Waals surface area contributed by atoms with Crippen LogP contribution in [0, 0.1) is 6.92 Å². The SMILES string of the molecule is Cc1cc(OC(F)(F)F)nc(CN)c1N. The van der Waals surface area contributed by atoms with Crippen molar-refractivity contribution < 1.29 is 17.9 Å². The predicted octanol–water partition coefficient (Wildman–Crippen LogP) is 1.33. The molecule has 0 aliphatic heterocycles. The lowest BCUT2D eigenvalue weighted by molar-refractivity contribution is -0.276. The minimum Gasteiger partial charge on any atom is -0.397 e. The number of hydrogen-bond donors (Lipinski definition) is 2. The van der Waals surface area contributed by atoms with Crippen LogP contribution < -0.4 is 16.2 Å². The number of nitrogens with zero attached hydrogens (tertiary/aromatic N) is 1. The Morgan fingerprint density at radius 1 is 1.47 bits per heavy atom. The van der Waals surface area contributed by atoms with Crippen LogP contribution in [0.1, 0.15) is 11.3 Å². The standard InChI is InChI=1S/C8H10F3N3O/c1-4-2-6(15-8(9,10)11)14-5(3-12)7(4)13/h2H,3,12-13H2,1H3. The van der Waals surface area contributed by atoms with E-state index in [1.54, 1.807) is 6.92 Å². The van der Waals surface area contributed by atoms with Crippen molar-refractivity contribution in [1.29, 1.82) is 0 Å². The summed E-state index contributed by atoms with van der Waals surface area (Å²) >= 11 is 0. The van der Waals surface area contributed by atoms with Crippen LogP contribution in [0.4, 0.5) is 18.9 Å². The molecule has 7 heteroatoms. The lowest BCUT2D eigenvalue weighted by Crippen LogP contribution is -2.19. The van der Waals surface area contributed by atoms with Gasteiger partial charge >= 0.3 is 6.36 Å². The van der Waals surface area contributed by atoms with Crippen molar-refractivity contribution in [1.82, 2.24) is 4.98 Å². The quantitative estimate of drug-likeness (QED) is 0.790. The van der Waals surface area contributed by atoms with Crippen LogP contribution >= 0.6 is 0 Å². The highest BCUT2D eigenvalue weighted by Crippen LogP contribution is 2.25. The van der Waals surface area contributed by atoms with Gasteiger partial charge in [0, 0.05) is 12.6 Å². The van der Waals surface area contributed by atoms with Crippen LogP contribution in [0.3, 0.4) is 0 Å². The molecule has 1 aromatic rings. The Hall–Kier alpha value is -1.50. The normalized spacial score (nSPS) is 11.5. The number of aromatic nitrogens is 1. The van der Waals surface area contributed by atoms with Gasteiger partial charge < -0.3 is 16.2 Å². The van der Waals surface area contributed by atoms with Gasteiger partial charge in [-0.15, -0.1) is 13.2 Å². The average molecular weight is 221 g/mol. The van der Waals surface area contributed by atoms with E-state index in [9.17, 15) is 13.2 Å². The zero-order valence-corrected chi connectivity index (χ0v) is 7.93. The molecular formula is C8H10F3N3O. The zero-order valence-electron chi connectivity index (χ0n) is 7.93. The molecule has 0 saturated carbocycles. The Morgan fingerprint density at radius 2 is 2.07 bits per heavy atom. The second-order valence-corrected chi connectivity index (χ2v) is 2.89. The summed E-state index contributed by atoms with van der Waals surface area (Å²) in [6.45, 7) is 1.52. The summed E-state index contributed by atoms with van der Waals surface area (Å²) in [5.74, 6) is -0.547. The number of anilines is 1. The largest absolute Gasteiger partial charge is 0.574 e. The molecule has 15 heavy (non-hydrogen) atoms. The number of aryl methyl sites for hydroxylation is 1. The summed E-state index contributed by atoms with van der Waals surface area (Å²) in [4.78, 5) is 3.54.